The first-order valence-electron chi connectivity index (χ1n) is 11.4. The number of urea groups is 1. The topological polar surface area (TPSA) is 52.4 Å². The average molecular weight is 429 g/mol. The molecule has 2 aromatic rings. The van der Waals surface area contributed by atoms with Gasteiger partial charge in [0.2, 0.25) is 6.34 Å². The van der Waals surface area contributed by atoms with Gasteiger partial charge in [-0.3, -0.25) is 0 Å². The summed E-state index contributed by atoms with van der Waals surface area (Å²) in [5, 5.41) is 2.99. The molecule has 2 N–H and O–H groups in total. The number of benzene rings is 2. The quantitative estimate of drug-likeness (QED) is 0.584. The third-order valence-corrected chi connectivity index (χ3v) is 6.79. The van der Waals surface area contributed by atoms with Crippen LogP contribution in [-0.4, -0.2) is 57.0 Å². The van der Waals surface area contributed by atoms with Gasteiger partial charge in [-0.15, -0.1) is 0 Å². The first-order valence-corrected chi connectivity index (χ1v) is 11.4. The Labute approximate surface area is 189 Å². The van der Waals surface area contributed by atoms with Crippen LogP contribution in [0.15, 0.2) is 53.5 Å². The molecule has 0 radical (unpaired) electrons. The molecule has 0 saturated carbocycles. The van der Waals surface area contributed by atoms with E-state index in [1.165, 1.54) is 25.9 Å². The number of quaternary nitrogens is 1. The van der Waals surface area contributed by atoms with E-state index < -0.39 is 0 Å². The van der Waals surface area contributed by atoms with Gasteiger partial charge in [0.15, 0.2) is 11.4 Å². The first kappa shape index (κ1) is 20.7. The Hall–Kier alpha value is -3.14. The highest BCUT2D eigenvalue weighted by Gasteiger charge is 2.43. The van der Waals surface area contributed by atoms with Gasteiger partial charge in [0.05, 0.1) is 5.69 Å². The molecule has 1 spiro atoms. The molecule has 0 bridgehead atoms. The third kappa shape index (κ3) is 4.14. The van der Waals surface area contributed by atoms with Crippen molar-refractivity contribution in [2.75, 3.05) is 44.7 Å². The van der Waals surface area contributed by atoms with Gasteiger partial charge in [-0.1, -0.05) is 36.1 Å². The molecule has 1 atom stereocenters. The maximum atomic E-state index is 12.8. The molecule has 3 aliphatic rings. The third-order valence-electron chi connectivity index (χ3n) is 6.79. The maximum absolute atomic E-state index is 12.8. The number of rotatable bonds is 3. The van der Waals surface area contributed by atoms with Gasteiger partial charge >= 0.3 is 6.03 Å². The van der Waals surface area contributed by atoms with Gasteiger partial charge in [0.25, 0.3) is 0 Å². The van der Waals surface area contributed by atoms with Gasteiger partial charge in [-0.25, -0.2) is 4.79 Å². The van der Waals surface area contributed by atoms with Crippen LogP contribution in [0.1, 0.15) is 24.8 Å². The lowest BCUT2D eigenvalue weighted by atomic mass is 9.72. The van der Waals surface area contributed by atoms with Crippen LogP contribution < -0.4 is 15.1 Å². The van der Waals surface area contributed by atoms with Gasteiger partial charge < -0.3 is 15.1 Å². The number of aliphatic imine (C=N–C) groups is 1. The minimum atomic E-state index is -0.0822. The Morgan fingerprint density at radius 1 is 1.12 bits per heavy atom. The summed E-state index contributed by atoms with van der Waals surface area (Å²) >= 11 is 0. The number of para-hydroxylation sites is 1. The Kier molecular flexibility index (Phi) is 5.69. The van der Waals surface area contributed by atoms with Gasteiger partial charge in [0, 0.05) is 50.8 Å². The van der Waals surface area contributed by atoms with E-state index in [2.05, 4.69) is 45.1 Å². The highest BCUT2D eigenvalue weighted by Crippen LogP contribution is 2.43. The SMILES string of the molecule is CN1CC2(CCN(c3cccc4c3N=C[NH+]4C(=O)NCCC#Cc3ccccc3)CC2)C1. The van der Waals surface area contributed by atoms with E-state index in [4.69, 9.17) is 0 Å². The zero-order chi connectivity index (χ0) is 22.0. The maximum Gasteiger partial charge on any atom is 0.426 e. The van der Waals surface area contributed by atoms with Crippen molar-refractivity contribution in [2.45, 2.75) is 19.3 Å². The largest absolute Gasteiger partial charge is 0.426 e. The molecule has 3 heterocycles. The van der Waals surface area contributed by atoms with Crippen LogP contribution in [0, 0.1) is 17.3 Å². The molecule has 6 nitrogen and oxygen atoms in total. The highest BCUT2D eigenvalue weighted by molar-refractivity contribution is 5.89. The number of nitrogens with zero attached hydrogens (tertiary/aromatic N) is 3. The number of hydrogen-bond acceptors (Lipinski definition) is 4. The Bertz CT molecular complexity index is 1070. The van der Waals surface area contributed by atoms with Crippen LogP contribution in [0.2, 0.25) is 0 Å². The number of hydrogen-bond donors (Lipinski definition) is 2. The van der Waals surface area contributed by atoms with Crippen LogP contribution in [0.5, 0.6) is 0 Å². The van der Waals surface area contributed by atoms with Gasteiger partial charge in [-0.05, 0) is 43.5 Å². The second-order valence-electron chi connectivity index (χ2n) is 9.18. The molecule has 0 aliphatic carbocycles. The van der Waals surface area contributed by atoms with E-state index in [9.17, 15) is 4.79 Å². The Balaban J connectivity index is 1.18. The zero-order valence-corrected chi connectivity index (χ0v) is 18.6. The Morgan fingerprint density at radius 3 is 2.66 bits per heavy atom. The second kappa shape index (κ2) is 8.78. The zero-order valence-electron chi connectivity index (χ0n) is 18.6. The lowest BCUT2D eigenvalue weighted by Crippen LogP contribution is -3.09. The van der Waals surface area contributed by atoms with Gasteiger partial charge in [0.1, 0.15) is 0 Å². The predicted octanol–water partition coefficient (Wildman–Crippen LogP) is 2.56. The molecule has 6 heteroatoms. The van der Waals surface area contributed by atoms with E-state index in [1.807, 2.05) is 42.5 Å². The molecule has 0 aromatic heterocycles. The van der Waals surface area contributed by atoms with E-state index in [1.54, 1.807) is 6.34 Å². The van der Waals surface area contributed by atoms with E-state index >= 15 is 0 Å². The fraction of sp³-hybridized carbons (Fsp3) is 0.385. The minimum absolute atomic E-state index is 0.0822. The average Bonchev–Trinajstić information content (AvgIpc) is 3.24. The van der Waals surface area contributed by atoms with Gasteiger partial charge in [-0.2, -0.15) is 9.89 Å². The summed E-state index contributed by atoms with van der Waals surface area (Å²) in [5.74, 6) is 6.24. The molecular weight excluding hydrogens is 398 g/mol. The van der Waals surface area contributed by atoms with Crippen molar-refractivity contribution in [2.24, 2.45) is 10.4 Å². The summed E-state index contributed by atoms with van der Waals surface area (Å²) in [6.07, 6.45) is 4.78. The number of carbonyl (C=O) groups excluding carboxylic acids is 1. The number of likely N-dealkylation sites (tertiary alicyclic amines) is 1. The van der Waals surface area contributed by atoms with Crippen molar-refractivity contribution in [1.82, 2.24) is 10.2 Å². The number of carbonyl (C=O) groups is 1. The number of anilines is 1. The molecule has 32 heavy (non-hydrogen) atoms. The first-order chi connectivity index (χ1) is 15.6. The summed E-state index contributed by atoms with van der Waals surface area (Å²) in [7, 11) is 2.20. The van der Waals surface area contributed by atoms with E-state index in [0.717, 1.165) is 35.7 Å². The number of amides is 2. The molecule has 2 fully saturated rings. The summed E-state index contributed by atoms with van der Waals surface area (Å²) in [6, 6.07) is 16.0. The molecule has 3 aliphatic heterocycles. The normalized spacial score (nSPS) is 20.9. The standard InChI is InChI=1S/C26H29N5O/c1-29-18-26(19-29)13-16-30(17-14-26)22-11-7-12-23-24(22)28-20-31(23)25(32)27-15-6-5-10-21-8-3-2-4-9-21/h2-4,7-9,11-12,20H,6,13-19H2,1H3,(H,27,32)/p+1. The van der Waals surface area contributed by atoms with Crippen molar-refractivity contribution >= 4 is 29.4 Å². The summed E-state index contributed by atoms with van der Waals surface area (Å²) in [5.41, 5.74) is 4.53. The summed E-state index contributed by atoms with van der Waals surface area (Å²) < 4.78 is 0. The fourth-order valence-electron chi connectivity index (χ4n) is 5.18. The van der Waals surface area contributed by atoms with Crippen LogP contribution in [0.4, 0.5) is 21.9 Å². The lowest BCUT2D eigenvalue weighted by molar-refractivity contribution is -0.620. The van der Waals surface area contributed by atoms with Crippen molar-refractivity contribution in [3.8, 4) is 11.8 Å². The monoisotopic (exact) mass is 428 g/mol. The molecule has 5 rings (SSSR count). The molecule has 164 valence electrons. The molecule has 2 saturated heterocycles. The summed E-state index contributed by atoms with van der Waals surface area (Å²) in [4.78, 5) is 22.9. The number of fused-ring (bicyclic) bond motifs is 1. The second-order valence-corrected chi connectivity index (χ2v) is 9.18. The van der Waals surface area contributed by atoms with Crippen LogP contribution in [-0.2, 0) is 0 Å². The van der Waals surface area contributed by atoms with Crippen molar-refractivity contribution in [3.05, 3.63) is 54.1 Å². The molecule has 1 unspecified atom stereocenters. The van der Waals surface area contributed by atoms with Crippen LogP contribution in [0.3, 0.4) is 0 Å². The fourth-order valence-corrected chi connectivity index (χ4v) is 5.18. The van der Waals surface area contributed by atoms with Crippen LogP contribution >= 0.6 is 0 Å². The minimum Gasteiger partial charge on any atom is -0.370 e. The molecule has 2 amide bonds. The van der Waals surface area contributed by atoms with Crippen molar-refractivity contribution in [1.29, 1.82) is 0 Å². The van der Waals surface area contributed by atoms with Crippen molar-refractivity contribution < 1.29 is 9.69 Å². The van der Waals surface area contributed by atoms with E-state index in [0.29, 0.717) is 23.3 Å². The number of piperidine rings is 1. The lowest BCUT2D eigenvalue weighted by Gasteiger charge is -2.53. The highest BCUT2D eigenvalue weighted by atomic mass is 16.2. The molecular formula is C26H30N5O+. The summed E-state index contributed by atoms with van der Waals surface area (Å²) in [6.45, 7) is 5.08. The predicted molar refractivity (Wildman–Crippen MR) is 128 cm³/mol. The smallest absolute Gasteiger partial charge is 0.370 e. The molecule has 2 aromatic carbocycles. The Morgan fingerprint density at radius 2 is 1.91 bits per heavy atom. The van der Waals surface area contributed by atoms with E-state index in [-0.39, 0.29) is 6.03 Å². The van der Waals surface area contributed by atoms with Crippen molar-refractivity contribution in [3.63, 3.8) is 0 Å². The number of nitrogens with one attached hydrogen (secondary N) is 2. The van der Waals surface area contributed by atoms with Crippen LogP contribution in [0.25, 0.3) is 0 Å².